The quantitative estimate of drug-likeness (QED) is 0.637. The monoisotopic (exact) mass is 411 g/mol. The number of hydrogen-bond acceptors (Lipinski definition) is 4. The zero-order chi connectivity index (χ0) is 20.1. The van der Waals surface area contributed by atoms with Crippen molar-refractivity contribution in [2.45, 2.75) is 13.1 Å². The Hall–Kier alpha value is -3.20. The molecule has 3 aromatic rings. The van der Waals surface area contributed by atoms with Gasteiger partial charge in [0.2, 0.25) is 0 Å². The number of nitrogens with zero attached hydrogens (tertiary/aromatic N) is 2. The minimum atomic E-state index is -4.77. The molecular weight excluding hydrogens is 399 g/mol. The summed E-state index contributed by atoms with van der Waals surface area (Å²) in [6, 6.07) is 13.1. The van der Waals surface area contributed by atoms with Gasteiger partial charge in [-0.3, -0.25) is 4.79 Å². The third-order valence-electron chi connectivity index (χ3n) is 3.38. The van der Waals surface area contributed by atoms with Gasteiger partial charge in [-0.1, -0.05) is 17.7 Å². The molecule has 0 unspecified atom stereocenters. The van der Waals surface area contributed by atoms with Crippen LogP contribution in [0.3, 0.4) is 0 Å². The Bertz CT molecular complexity index is 958. The zero-order valence-electron chi connectivity index (χ0n) is 14.1. The van der Waals surface area contributed by atoms with Crippen molar-refractivity contribution < 1.29 is 27.4 Å². The van der Waals surface area contributed by atoms with Crippen molar-refractivity contribution in [2.75, 3.05) is 5.32 Å². The van der Waals surface area contributed by atoms with Gasteiger partial charge >= 0.3 is 6.36 Å². The highest BCUT2D eigenvalue weighted by Crippen LogP contribution is 2.24. The van der Waals surface area contributed by atoms with Gasteiger partial charge in [0.25, 0.3) is 5.91 Å². The first-order valence-corrected chi connectivity index (χ1v) is 8.25. The van der Waals surface area contributed by atoms with Gasteiger partial charge in [0.1, 0.15) is 11.5 Å². The minimum absolute atomic E-state index is 0.0666. The molecule has 3 rings (SSSR count). The maximum atomic E-state index is 12.2. The average molecular weight is 412 g/mol. The largest absolute Gasteiger partial charge is 0.573 e. The van der Waals surface area contributed by atoms with Crippen LogP contribution in [-0.4, -0.2) is 22.1 Å². The lowest BCUT2D eigenvalue weighted by Crippen LogP contribution is -2.17. The second-order valence-corrected chi connectivity index (χ2v) is 5.93. The average Bonchev–Trinajstić information content (AvgIpc) is 3.10. The molecule has 0 atom stereocenters. The number of ether oxygens (including phenoxy) is 2. The van der Waals surface area contributed by atoms with Gasteiger partial charge in [-0.05, 0) is 48.5 Å². The molecule has 1 amide bonds. The van der Waals surface area contributed by atoms with Gasteiger partial charge in [0.05, 0.1) is 0 Å². The summed E-state index contributed by atoms with van der Waals surface area (Å²) in [4.78, 5) is 12.2. The van der Waals surface area contributed by atoms with Crippen molar-refractivity contribution in [3.8, 4) is 11.5 Å². The lowest BCUT2D eigenvalue weighted by atomic mass is 10.3. The van der Waals surface area contributed by atoms with Gasteiger partial charge in [0.15, 0.2) is 12.4 Å². The molecule has 0 bridgehead atoms. The molecule has 1 heterocycles. The summed E-state index contributed by atoms with van der Waals surface area (Å²) in [7, 11) is 0. The van der Waals surface area contributed by atoms with E-state index in [0.29, 0.717) is 16.5 Å². The molecule has 0 fully saturated rings. The van der Waals surface area contributed by atoms with Crippen LogP contribution in [0.15, 0.2) is 60.8 Å². The predicted molar refractivity (Wildman–Crippen MR) is 95.4 cm³/mol. The molecule has 1 aromatic heterocycles. The maximum Gasteiger partial charge on any atom is 0.573 e. The molecule has 0 aliphatic heterocycles. The van der Waals surface area contributed by atoms with E-state index in [1.807, 2.05) is 0 Å². The molecule has 0 saturated carbocycles. The first-order chi connectivity index (χ1) is 13.3. The molecule has 0 spiro atoms. The van der Waals surface area contributed by atoms with Crippen molar-refractivity contribution in [3.63, 3.8) is 0 Å². The minimum Gasteiger partial charge on any atom is -0.471 e. The highest BCUT2D eigenvalue weighted by molar-refractivity contribution is 6.30. The number of carbonyl (C=O) groups excluding carboxylic acids is 1. The third-order valence-corrected chi connectivity index (χ3v) is 3.61. The number of alkyl halides is 3. The fourth-order valence-electron chi connectivity index (χ4n) is 2.19. The van der Waals surface area contributed by atoms with Crippen molar-refractivity contribution in [2.24, 2.45) is 0 Å². The van der Waals surface area contributed by atoms with Crippen LogP contribution in [0, 0.1) is 0 Å². The highest BCUT2D eigenvalue weighted by Gasteiger charge is 2.30. The van der Waals surface area contributed by atoms with Crippen LogP contribution in [0.5, 0.6) is 11.5 Å². The number of benzene rings is 2. The van der Waals surface area contributed by atoms with Gasteiger partial charge in [0, 0.05) is 16.9 Å². The molecule has 0 aliphatic rings. The fourth-order valence-corrected chi connectivity index (χ4v) is 2.37. The van der Waals surface area contributed by atoms with E-state index in [-0.39, 0.29) is 18.2 Å². The molecule has 10 heteroatoms. The second-order valence-electron chi connectivity index (χ2n) is 5.50. The third kappa shape index (κ3) is 5.65. The van der Waals surface area contributed by atoms with Crippen LogP contribution in [-0.2, 0) is 6.73 Å². The molecule has 6 nitrogen and oxygen atoms in total. The lowest BCUT2D eigenvalue weighted by molar-refractivity contribution is -0.274. The molecule has 28 heavy (non-hydrogen) atoms. The number of nitrogens with one attached hydrogen (secondary N) is 1. The van der Waals surface area contributed by atoms with Crippen molar-refractivity contribution in [1.82, 2.24) is 9.78 Å². The first-order valence-electron chi connectivity index (χ1n) is 7.87. The van der Waals surface area contributed by atoms with Gasteiger partial charge in [-0.25, -0.2) is 4.68 Å². The highest BCUT2D eigenvalue weighted by atomic mass is 35.5. The molecular formula is C18H13ClF3N3O3. The number of anilines is 1. The Morgan fingerprint density at radius 2 is 1.86 bits per heavy atom. The van der Waals surface area contributed by atoms with E-state index in [1.54, 1.807) is 30.5 Å². The summed E-state index contributed by atoms with van der Waals surface area (Å²) in [5.41, 5.74) is 0.412. The van der Waals surface area contributed by atoms with Crippen LogP contribution >= 0.6 is 11.6 Å². The molecule has 2 aromatic carbocycles. The Morgan fingerprint density at radius 3 is 2.54 bits per heavy atom. The van der Waals surface area contributed by atoms with E-state index in [2.05, 4.69) is 15.2 Å². The van der Waals surface area contributed by atoms with Crippen LogP contribution in [0.1, 0.15) is 10.5 Å². The summed E-state index contributed by atoms with van der Waals surface area (Å²) in [6.07, 6.45) is -3.22. The number of hydrogen-bond donors (Lipinski definition) is 1. The number of aromatic nitrogens is 2. The molecule has 0 saturated heterocycles. The van der Waals surface area contributed by atoms with E-state index >= 15 is 0 Å². The topological polar surface area (TPSA) is 65.4 Å². The van der Waals surface area contributed by atoms with Crippen molar-refractivity contribution in [1.29, 1.82) is 0 Å². The van der Waals surface area contributed by atoms with E-state index < -0.39 is 12.3 Å². The summed E-state index contributed by atoms with van der Waals surface area (Å²) in [6.45, 7) is 0.0666. The van der Waals surface area contributed by atoms with E-state index in [1.165, 1.54) is 22.9 Å². The van der Waals surface area contributed by atoms with Crippen LogP contribution in [0.4, 0.5) is 18.9 Å². The second kappa shape index (κ2) is 8.22. The number of carbonyl (C=O) groups is 1. The number of amides is 1. The predicted octanol–water partition coefficient (Wildman–Crippen LogP) is 4.72. The molecule has 0 aliphatic carbocycles. The fraction of sp³-hybridized carbons (Fsp3) is 0.111. The molecule has 146 valence electrons. The van der Waals surface area contributed by atoms with Crippen molar-refractivity contribution >= 4 is 23.2 Å². The summed E-state index contributed by atoms with van der Waals surface area (Å²) >= 11 is 5.87. The first kappa shape index (κ1) is 19.6. The molecule has 0 radical (unpaired) electrons. The summed E-state index contributed by atoms with van der Waals surface area (Å²) in [5, 5.41) is 7.15. The smallest absolute Gasteiger partial charge is 0.471 e. The van der Waals surface area contributed by atoms with Crippen molar-refractivity contribution in [3.05, 3.63) is 71.5 Å². The maximum absolute atomic E-state index is 12.2. The van der Waals surface area contributed by atoms with Gasteiger partial charge in [-0.15, -0.1) is 13.2 Å². The number of halogens is 4. The Kier molecular flexibility index (Phi) is 5.74. The molecule has 1 N–H and O–H groups in total. The normalized spacial score (nSPS) is 11.1. The number of rotatable bonds is 6. The van der Waals surface area contributed by atoms with Crippen LogP contribution in [0.2, 0.25) is 5.02 Å². The van der Waals surface area contributed by atoms with Gasteiger partial charge < -0.3 is 14.8 Å². The van der Waals surface area contributed by atoms with Crippen LogP contribution < -0.4 is 14.8 Å². The SMILES string of the molecule is O=C(Nc1ccc(OC(F)(F)F)cc1)c1ccn(COc2cccc(Cl)c2)n1. The van der Waals surface area contributed by atoms with E-state index in [4.69, 9.17) is 16.3 Å². The van der Waals surface area contributed by atoms with E-state index in [0.717, 1.165) is 12.1 Å². The standard InChI is InChI=1S/C18H13ClF3N3O3/c19-12-2-1-3-15(10-12)27-11-25-9-8-16(24-25)17(26)23-13-4-6-14(7-5-13)28-18(20,21)22/h1-10H,11H2,(H,23,26). The summed E-state index contributed by atoms with van der Waals surface area (Å²) < 4.78 is 47.1. The zero-order valence-corrected chi connectivity index (χ0v) is 14.9. The van der Waals surface area contributed by atoms with Crippen LogP contribution in [0.25, 0.3) is 0 Å². The lowest BCUT2D eigenvalue weighted by Gasteiger charge is -2.09. The van der Waals surface area contributed by atoms with Gasteiger partial charge in [-0.2, -0.15) is 5.10 Å². The van der Waals surface area contributed by atoms with E-state index in [9.17, 15) is 18.0 Å². The Morgan fingerprint density at radius 1 is 1.11 bits per heavy atom. The Labute approximate surface area is 162 Å². The Balaban J connectivity index is 1.56. The summed E-state index contributed by atoms with van der Waals surface area (Å²) in [5.74, 6) is -0.353.